The van der Waals surface area contributed by atoms with Gasteiger partial charge in [0.2, 0.25) is 0 Å². The fraction of sp³-hybridized carbons (Fsp3) is 0.824. The number of H-pyrrole nitrogens is 1. The van der Waals surface area contributed by atoms with E-state index in [0.717, 1.165) is 36.7 Å². The van der Waals surface area contributed by atoms with Crippen LogP contribution in [-0.2, 0) is 6.42 Å². The molecular weight excluding hydrogens is 246 g/mol. The Bertz CT molecular complexity index is 368. The zero-order valence-corrected chi connectivity index (χ0v) is 12.6. The molecular formula is C17H29N3. The van der Waals surface area contributed by atoms with Crippen molar-refractivity contribution in [1.82, 2.24) is 15.3 Å². The van der Waals surface area contributed by atoms with Crippen LogP contribution < -0.4 is 5.32 Å². The molecule has 3 nitrogen and oxygen atoms in total. The van der Waals surface area contributed by atoms with Gasteiger partial charge in [0, 0.05) is 31.4 Å². The first-order valence-electron chi connectivity index (χ1n) is 8.65. The van der Waals surface area contributed by atoms with Gasteiger partial charge in [-0.3, -0.25) is 0 Å². The summed E-state index contributed by atoms with van der Waals surface area (Å²) in [5, 5.41) is 3.85. The van der Waals surface area contributed by atoms with E-state index >= 15 is 0 Å². The third-order valence-corrected chi connectivity index (χ3v) is 5.40. The van der Waals surface area contributed by atoms with E-state index in [1.165, 1.54) is 57.8 Å². The molecule has 0 amide bonds. The number of hydrogen-bond donors (Lipinski definition) is 2. The molecule has 0 aliphatic heterocycles. The van der Waals surface area contributed by atoms with Crippen molar-refractivity contribution in [2.24, 2.45) is 11.8 Å². The van der Waals surface area contributed by atoms with Crippen LogP contribution in [0.15, 0.2) is 12.4 Å². The molecule has 3 rings (SSSR count). The lowest BCUT2D eigenvalue weighted by molar-refractivity contribution is 0.150. The molecule has 2 N–H and O–H groups in total. The van der Waals surface area contributed by atoms with Crippen LogP contribution in [-0.4, -0.2) is 22.6 Å². The fourth-order valence-electron chi connectivity index (χ4n) is 4.35. The predicted octanol–water partition coefficient (Wildman–Crippen LogP) is 3.68. The first-order chi connectivity index (χ1) is 9.93. The lowest BCUT2D eigenvalue weighted by Gasteiger charge is -2.39. The van der Waals surface area contributed by atoms with Crippen LogP contribution in [0.1, 0.15) is 63.6 Å². The Labute approximate surface area is 123 Å². The highest BCUT2D eigenvalue weighted by molar-refractivity contribution is 4.90. The minimum atomic E-state index is 0.766. The number of imidazole rings is 1. The highest BCUT2D eigenvalue weighted by Crippen LogP contribution is 2.38. The summed E-state index contributed by atoms with van der Waals surface area (Å²) in [5.41, 5.74) is 0. The van der Waals surface area contributed by atoms with Gasteiger partial charge in [-0.15, -0.1) is 0 Å². The quantitative estimate of drug-likeness (QED) is 0.860. The van der Waals surface area contributed by atoms with Crippen molar-refractivity contribution in [1.29, 1.82) is 0 Å². The average Bonchev–Trinajstić information content (AvgIpc) is 3.02. The molecule has 1 aromatic heterocycles. The van der Waals surface area contributed by atoms with Gasteiger partial charge in [-0.25, -0.2) is 4.98 Å². The summed E-state index contributed by atoms with van der Waals surface area (Å²) in [6.07, 6.45) is 17.9. The van der Waals surface area contributed by atoms with E-state index in [-0.39, 0.29) is 0 Å². The molecule has 112 valence electrons. The van der Waals surface area contributed by atoms with Crippen molar-refractivity contribution >= 4 is 0 Å². The summed E-state index contributed by atoms with van der Waals surface area (Å²) in [4.78, 5) is 7.51. The third kappa shape index (κ3) is 3.63. The Balaban J connectivity index is 1.49. The van der Waals surface area contributed by atoms with Crippen LogP contribution in [0.3, 0.4) is 0 Å². The summed E-state index contributed by atoms with van der Waals surface area (Å²) in [6.45, 7) is 1.07. The van der Waals surface area contributed by atoms with Crippen molar-refractivity contribution in [2.75, 3.05) is 6.54 Å². The van der Waals surface area contributed by atoms with Crippen LogP contribution in [0.25, 0.3) is 0 Å². The van der Waals surface area contributed by atoms with Crippen molar-refractivity contribution in [2.45, 2.75) is 70.3 Å². The second kappa shape index (κ2) is 7.26. The highest BCUT2D eigenvalue weighted by Gasteiger charge is 2.31. The van der Waals surface area contributed by atoms with Crippen LogP contribution in [0.4, 0.5) is 0 Å². The number of rotatable bonds is 5. The molecule has 0 radical (unpaired) electrons. The van der Waals surface area contributed by atoms with E-state index < -0.39 is 0 Å². The van der Waals surface area contributed by atoms with Crippen molar-refractivity contribution in [3.05, 3.63) is 18.2 Å². The number of hydrogen-bond acceptors (Lipinski definition) is 2. The summed E-state index contributed by atoms with van der Waals surface area (Å²) >= 11 is 0. The van der Waals surface area contributed by atoms with Gasteiger partial charge in [-0.1, -0.05) is 44.9 Å². The standard InChI is InChI=1S/C17H29N3/c1-2-6-14(7-3-1)15-8-4-5-9-16(15)18-11-10-17-19-12-13-20-17/h12-16,18H,1-11H2,(H,19,20). The SMILES string of the molecule is c1c[nH]c(CCNC2CCCCC2C2CCCCC2)n1. The topological polar surface area (TPSA) is 40.7 Å². The van der Waals surface area contributed by atoms with E-state index in [1.807, 2.05) is 12.4 Å². The molecule has 2 fully saturated rings. The molecule has 3 heteroatoms. The van der Waals surface area contributed by atoms with Gasteiger partial charge in [0.15, 0.2) is 0 Å². The van der Waals surface area contributed by atoms with Gasteiger partial charge >= 0.3 is 0 Å². The highest BCUT2D eigenvalue weighted by atomic mass is 14.9. The predicted molar refractivity (Wildman–Crippen MR) is 82.6 cm³/mol. The molecule has 0 bridgehead atoms. The Hall–Kier alpha value is -0.830. The average molecular weight is 275 g/mol. The van der Waals surface area contributed by atoms with Crippen molar-refractivity contribution < 1.29 is 0 Å². The van der Waals surface area contributed by atoms with Gasteiger partial charge in [0.05, 0.1) is 0 Å². The fourth-order valence-corrected chi connectivity index (χ4v) is 4.35. The molecule has 1 aromatic rings. The maximum Gasteiger partial charge on any atom is 0.107 e. The normalized spacial score (nSPS) is 28.6. The van der Waals surface area contributed by atoms with Crippen molar-refractivity contribution in [3.8, 4) is 0 Å². The third-order valence-electron chi connectivity index (χ3n) is 5.40. The Morgan fingerprint density at radius 3 is 2.65 bits per heavy atom. The minimum absolute atomic E-state index is 0.766. The first kappa shape index (κ1) is 14.1. The minimum Gasteiger partial charge on any atom is -0.349 e. The van der Waals surface area contributed by atoms with Crippen LogP contribution >= 0.6 is 0 Å². The molecule has 2 aliphatic carbocycles. The first-order valence-corrected chi connectivity index (χ1v) is 8.65. The van der Waals surface area contributed by atoms with Gasteiger partial charge in [0.1, 0.15) is 5.82 Å². The van der Waals surface area contributed by atoms with E-state index in [0.29, 0.717) is 0 Å². The van der Waals surface area contributed by atoms with Crippen LogP contribution in [0, 0.1) is 11.8 Å². The summed E-state index contributed by atoms with van der Waals surface area (Å²) in [6, 6.07) is 0.766. The molecule has 20 heavy (non-hydrogen) atoms. The van der Waals surface area contributed by atoms with Crippen LogP contribution in [0.5, 0.6) is 0 Å². The largest absolute Gasteiger partial charge is 0.349 e. The number of aromatic amines is 1. The zero-order chi connectivity index (χ0) is 13.6. The Morgan fingerprint density at radius 2 is 1.85 bits per heavy atom. The number of aromatic nitrogens is 2. The van der Waals surface area contributed by atoms with E-state index in [1.54, 1.807) is 0 Å². The molecule has 2 unspecified atom stereocenters. The Kier molecular flexibility index (Phi) is 5.12. The monoisotopic (exact) mass is 275 g/mol. The lowest BCUT2D eigenvalue weighted by atomic mass is 9.71. The summed E-state index contributed by atoms with van der Waals surface area (Å²) < 4.78 is 0. The summed E-state index contributed by atoms with van der Waals surface area (Å²) in [5.74, 6) is 3.06. The van der Waals surface area contributed by atoms with E-state index in [2.05, 4.69) is 15.3 Å². The summed E-state index contributed by atoms with van der Waals surface area (Å²) in [7, 11) is 0. The van der Waals surface area contributed by atoms with E-state index in [4.69, 9.17) is 0 Å². The van der Waals surface area contributed by atoms with Crippen LogP contribution in [0.2, 0.25) is 0 Å². The van der Waals surface area contributed by atoms with Gasteiger partial charge in [0.25, 0.3) is 0 Å². The maximum absolute atomic E-state index is 4.31. The lowest BCUT2D eigenvalue weighted by Crippen LogP contribution is -2.43. The molecule has 0 spiro atoms. The second-order valence-electron chi connectivity index (χ2n) is 6.69. The van der Waals surface area contributed by atoms with Crippen molar-refractivity contribution in [3.63, 3.8) is 0 Å². The van der Waals surface area contributed by atoms with Gasteiger partial charge in [-0.2, -0.15) is 0 Å². The van der Waals surface area contributed by atoms with E-state index in [9.17, 15) is 0 Å². The number of nitrogens with one attached hydrogen (secondary N) is 2. The molecule has 0 saturated heterocycles. The molecule has 0 aromatic carbocycles. The van der Waals surface area contributed by atoms with Gasteiger partial charge < -0.3 is 10.3 Å². The molecule has 1 heterocycles. The Morgan fingerprint density at radius 1 is 1.05 bits per heavy atom. The smallest absolute Gasteiger partial charge is 0.107 e. The zero-order valence-electron chi connectivity index (χ0n) is 12.6. The molecule has 2 aliphatic rings. The molecule has 2 atom stereocenters. The number of nitrogens with zero attached hydrogens (tertiary/aromatic N) is 1. The molecule has 2 saturated carbocycles. The van der Waals surface area contributed by atoms with Gasteiger partial charge in [-0.05, 0) is 24.7 Å². The second-order valence-corrected chi connectivity index (χ2v) is 6.69. The maximum atomic E-state index is 4.31.